The summed E-state index contributed by atoms with van der Waals surface area (Å²) in [6.07, 6.45) is 2.17. The van der Waals surface area contributed by atoms with E-state index in [0.29, 0.717) is 28.4 Å². The van der Waals surface area contributed by atoms with Gasteiger partial charge >= 0.3 is 5.97 Å². The Morgan fingerprint density at radius 1 is 1.43 bits per heavy atom. The lowest BCUT2D eigenvalue weighted by Crippen LogP contribution is -2.22. The van der Waals surface area contributed by atoms with Gasteiger partial charge < -0.3 is 21.1 Å². The summed E-state index contributed by atoms with van der Waals surface area (Å²) in [6, 6.07) is 0.346. The van der Waals surface area contributed by atoms with Crippen molar-refractivity contribution in [2.75, 3.05) is 24.7 Å². The second kappa shape index (κ2) is 6.34. The number of esters is 1. The quantitative estimate of drug-likeness (QED) is 0.699. The van der Waals surface area contributed by atoms with Crippen LogP contribution in [0.3, 0.4) is 0 Å². The number of rotatable bonds is 6. The van der Waals surface area contributed by atoms with E-state index in [9.17, 15) is 9.59 Å². The largest absolute Gasteiger partial charge is 0.465 e. The van der Waals surface area contributed by atoms with Crippen molar-refractivity contribution in [3.8, 4) is 0 Å². The molecule has 1 aromatic rings. The van der Waals surface area contributed by atoms with E-state index in [4.69, 9.17) is 10.5 Å². The molecule has 0 saturated heterocycles. The van der Waals surface area contributed by atoms with Crippen LogP contribution in [0.15, 0.2) is 0 Å². The molecule has 1 amide bonds. The first-order chi connectivity index (χ1) is 10.0. The van der Waals surface area contributed by atoms with Gasteiger partial charge in [-0.25, -0.2) is 4.79 Å². The molecule has 0 spiro atoms. The number of thiophene rings is 1. The van der Waals surface area contributed by atoms with Gasteiger partial charge in [0.05, 0.1) is 12.8 Å². The molecule has 0 aromatic carbocycles. The van der Waals surface area contributed by atoms with Crippen molar-refractivity contribution in [2.45, 2.75) is 32.7 Å². The molecule has 1 aliphatic carbocycles. The fourth-order valence-corrected chi connectivity index (χ4v) is 3.39. The molecule has 6 nitrogen and oxygen atoms in total. The van der Waals surface area contributed by atoms with Crippen molar-refractivity contribution in [1.29, 1.82) is 0 Å². The number of amides is 1. The average molecular weight is 311 g/mol. The Morgan fingerprint density at radius 3 is 2.67 bits per heavy atom. The molecule has 1 fully saturated rings. The fourth-order valence-electron chi connectivity index (χ4n) is 2.30. The lowest BCUT2D eigenvalue weighted by molar-refractivity contribution is 0.0603. The number of ether oxygens (including phenoxy) is 1. The van der Waals surface area contributed by atoms with Crippen molar-refractivity contribution >= 4 is 33.9 Å². The summed E-state index contributed by atoms with van der Waals surface area (Å²) in [5, 5.41) is 6.64. The van der Waals surface area contributed by atoms with Gasteiger partial charge in [0, 0.05) is 12.6 Å². The van der Waals surface area contributed by atoms with Crippen LogP contribution in [0.2, 0.25) is 0 Å². The van der Waals surface area contributed by atoms with Crippen LogP contribution in [0.1, 0.15) is 46.7 Å². The molecular weight excluding hydrogens is 290 g/mol. The lowest BCUT2D eigenvalue weighted by Gasteiger charge is -2.06. The highest BCUT2D eigenvalue weighted by atomic mass is 32.1. The predicted molar refractivity (Wildman–Crippen MR) is 83.9 cm³/mol. The molecule has 116 valence electrons. The number of methoxy groups -OCH3 is 1. The summed E-state index contributed by atoms with van der Waals surface area (Å²) in [6.45, 7) is 4.47. The van der Waals surface area contributed by atoms with Gasteiger partial charge in [0.1, 0.15) is 15.4 Å². The van der Waals surface area contributed by atoms with Crippen LogP contribution in [0.5, 0.6) is 0 Å². The van der Waals surface area contributed by atoms with Crippen molar-refractivity contribution < 1.29 is 14.3 Å². The minimum Gasteiger partial charge on any atom is -0.465 e. The Labute approximate surface area is 128 Å². The number of nitrogen functional groups attached to an aromatic ring is 1. The van der Waals surface area contributed by atoms with E-state index >= 15 is 0 Å². The van der Waals surface area contributed by atoms with Crippen molar-refractivity contribution in [3.63, 3.8) is 0 Å². The maximum atomic E-state index is 12.0. The predicted octanol–water partition coefficient (Wildman–Crippen LogP) is 2.08. The number of nitrogens with one attached hydrogen (secondary N) is 2. The summed E-state index contributed by atoms with van der Waals surface area (Å²) >= 11 is 1.21. The maximum absolute atomic E-state index is 12.0. The molecule has 21 heavy (non-hydrogen) atoms. The summed E-state index contributed by atoms with van der Waals surface area (Å²) in [4.78, 5) is 24.3. The zero-order chi connectivity index (χ0) is 15.6. The maximum Gasteiger partial charge on any atom is 0.343 e. The van der Waals surface area contributed by atoms with E-state index in [0.717, 1.165) is 12.8 Å². The Morgan fingerprint density at radius 2 is 2.14 bits per heavy atom. The van der Waals surface area contributed by atoms with Gasteiger partial charge in [-0.15, -0.1) is 11.3 Å². The lowest BCUT2D eigenvalue weighted by atomic mass is 10.2. The molecule has 0 bridgehead atoms. The zero-order valence-corrected chi connectivity index (χ0v) is 13.3. The molecule has 4 N–H and O–H groups in total. The van der Waals surface area contributed by atoms with Gasteiger partial charge in [-0.2, -0.15) is 0 Å². The number of nitrogens with two attached hydrogens (primary N) is 1. The van der Waals surface area contributed by atoms with E-state index < -0.39 is 5.97 Å². The number of anilines is 2. The third-order valence-electron chi connectivity index (χ3n) is 3.64. The summed E-state index contributed by atoms with van der Waals surface area (Å²) in [5.74, 6) is -0.164. The SMILES string of the molecule is CCNC(=O)c1sc(NC2CC2CC)c(C(=O)OC)c1N. The standard InChI is InChI=1S/C14H21N3O3S/c1-4-7-6-8(7)17-13-9(14(19)20-3)10(15)11(21-13)12(18)16-5-2/h7-8,17H,4-6,15H2,1-3H3,(H,16,18). The number of hydrogen-bond donors (Lipinski definition) is 3. The normalized spacial score (nSPS) is 20.0. The van der Waals surface area contributed by atoms with E-state index in [1.807, 2.05) is 6.92 Å². The van der Waals surface area contributed by atoms with Crippen LogP contribution in [0.4, 0.5) is 10.7 Å². The van der Waals surface area contributed by atoms with E-state index in [2.05, 4.69) is 17.6 Å². The van der Waals surface area contributed by atoms with Gasteiger partial charge in [-0.05, 0) is 19.3 Å². The summed E-state index contributed by atoms with van der Waals surface area (Å²) < 4.78 is 4.78. The number of carbonyl (C=O) groups is 2. The molecule has 1 saturated carbocycles. The number of hydrogen-bond acceptors (Lipinski definition) is 6. The first-order valence-corrected chi connectivity index (χ1v) is 7.90. The second-order valence-electron chi connectivity index (χ2n) is 5.05. The number of carbonyl (C=O) groups excluding carboxylic acids is 2. The summed E-state index contributed by atoms with van der Waals surface area (Å²) in [5.41, 5.74) is 6.44. The van der Waals surface area contributed by atoms with E-state index in [1.165, 1.54) is 18.4 Å². The molecule has 1 aliphatic rings. The molecule has 0 radical (unpaired) electrons. The van der Waals surface area contributed by atoms with Crippen LogP contribution in [-0.4, -0.2) is 31.6 Å². The second-order valence-corrected chi connectivity index (χ2v) is 6.08. The van der Waals surface area contributed by atoms with Gasteiger partial charge in [-0.1, -0.05) is 13.3 Å². The van der Waals surface area contributed by atoms with Gasteiger partial charge in [0.15, 0.2) is 0 Å². The fraction of sp³-hybridized carbons (Fsp3) is 0.571. The summed E-state index contributed by atoms with van der Waals surface area (Å²) in [7, 11) is 1.31. The van der Waals surface area contributed by atoms with Crippen LogP contribution in [0.25, 0.3) is 0 Å². The first kappa shape index (κ1) is 15.6. The van der Waals surface area contributed by atoms with Crippen LogP contribution >= 0.6 is 11.3 Å². The smallest absolute Gasteiger partial charge is 0.343 e. The van der Waals surface area contributed by atoms with Gasteiger partial charge in [-0.3, -0.25) is 4.79 Å². The first-order valence-electron chi connectivity index (χ1n) is 7.08. The highest BCUT2D eigenvalue weighted by Crippen LogP contribution is 2.42. The third kappa shape index (κ3) is 3.12. The monoisotopic (exact) mass is 311 g/mol. The minimum absolute atomic E-state index is 0.189. The Kier molecular flexibility index (Phi) is 4.72. The molecule has 7 heteroatoms. The molecule has 1 heterocycles. The highest BCUT2D eigenvalue weighted by Gasteiger charge is 2.37. The van der Waals surface area contributed by atoms with Crippen molar-refractivity contribution in [3.05, 3.63) is 10.4 Å². The average Bonchev–Trinajstić information content (AvgIpc) is 3.14. The van der Waals surface area contributed by atoms with E-state index in [-0.39, 0.29) is 17.2 Å². The molecule has 2 unspecified atom stereocenters. The molecular formula is C14H21N3O3S. The third-order valence-corrected chi connectivity index (χ3v) is 4.78. The van der Waals surface area contributed by atoms with Crippen LogP contribution in [-0.2, 0) is 4.74 Å². The Balaban J connectivity index is 2.31. The highest BCUT2D eigenvalue weighted by molar-refractivity contribution is 7.19. The molecule has 1 aromatic heterocycles. The zero-order valence-electron chi connectivity index (χ0n) is 12.5. The molecule has 0 aliphatic heterocycles. The topological polar surface area (TPSA) is 93.5 Å². The Hall–Kier alpha value is -1.76. The van der Waals surface area contributed by atoms with Gasteiger partial charge in [0.25, 0.3) is 5.91 Å². The van der Waals surface area contributed by atoms with Crippen molar-refractivity contribution in [1.82, 2.24) is 5.32 Å². The Bertz CT molecular complexity index is 556. The van der Waals surface area contributed by atoms with Crippen molar-refractivity contribution in [2.24, 2.45) is 5.92 Å². The molecule has 2 atom stereocenters. The van der Waals surface area contributed by atoms with E-state index in [1.54, 1.807) is 0 Å². The minimum atomic E-state index is -0.518. The van der Waals surface area contributed by atoms with Crippen LogP contribution in [0, 0.1) is 5.92 Å². The van der Waals surface area contributed by atoms with Gasteiger partial charge in [0.2, 0.25) is 0 Å². The molecule has 2 rings (SSSR count). The van der Waals surface area contributed by atoms with Crippen LogP contribution < -0.4 is 16.4 Å².